The maximum Gasteiger partial charge on any atom is 0.0410 e. The minimum Gasteiger partial charge on any atom is -0.368 e. The second-order valence-electron chi connectivity index (χ2n) is 5.94. The summed E-state index contributed by atoms with van der Waals surface area (Å²) >= 11 is 6.13. The quantitative estimate of drug-likeness (QED) is 0.929. The smallest absolute Gasteiger partial charge is 0.0410 e. The predicted molar refractivity (Wildman–Crippen MR) is 85.6 cm³/mol. The van der Waals surface area contributed by atoms with Gasteiger partial charge in [-0.2, -0.15) is 0 Å². The van der Waals surface area contributed by atoms with Crippen LogP contribution in [0.4, 0.5) is 5.69 Å². The van der Waals surface area contributed by atoms with Crippen LogP contribution >= 0.6 is 11.6 Å². The molecule has 0 spiro atoms. The van der Waals surface area contributed by atoms with Crippen molar-refractivity contribution in [2.24, 2.45) is 5.73 Å². The molecular formula is C16H24ClN3. The highest BCUT2D eigenvalue weighted by Crippen LogP contribution is 2.29. The normalized spacial score (nSPS) is 23.7. The maximum absolute atomic E-state index is 6.13. The fraction of sp³-hybridized carbons (Fsp3) is 0.625. The molecular weight excluding hydrogens is 270 g/mol. The van der Waals surface area contributed by atoms with Crippen LogP contribution in [0, 0.1) is 0 Å². The number of piperazine rings is 1. The highest BCUT2D eigenvalue weighted by molar-refractivity contribution is 6.30. The zero-order valence-corrected chi connectivity index (χ0v) is 12.8. The molecule has 0 amide bonds. The van der Waals surface area contributed by atoms with Crippen molar-refractivity contribution in [2.75, 3.05) is 37.6 Å². The van der Waals surface area contributed by atoms with E-state index >= 15 is 0 Å². The lowest BCUT2D eigenvalue weighted by molar-refractivity contribution is 0.133. The number of hydrogen-bond acceptors (Lipinski definition) is 3. The summed E-state index contributed by atoms with van der Waals surface area (Å²) in [5.74, 6) is 0. The second-order valence-corrected chi connectivity index (χ2v) is 6.38. The summed E-state index contributed by atoms with van der Waals surface area (Å²) in [6.45, 7) is 5.43. The number of anilines is 1. The van der Waals surface area contributed by atoms with Crippen LogP contribution in [0.15, 0.2) is 18.2 Å². The van der Waals surface area contributed by atoms with Crippen LogP contribution in [-0.4, -0.2) is 43.7 Å². The minimum absolute atomic E-state index is 0.677. The van der Waals surface area contributed by atoms with Gasteiger partial charge in [-0.25, -0.2) is 0 Å². The van der Waals surface area contributed by atoms with Gasteiger partial charge in [-0.1, -0.05) is 18.0 Å². The first-order valence-electron chi connectivity index (χ1n) is 7.75. The molecule has 0 aliphatic carbocycles. The highest BCUT2D eigenvalue weighted by atomic mass is 35.5. The van der Waals surface area contributed by atoms with Crippen molar-refractivity contribution in [1.82, 2.24) is 4.90 Å². The summed E-state index contributed by atoms with van der Waals surface area (Å²) in [7, 11) is 0. The van der Waals surface area contributed by atoms with E-state index in [0.29, 0.717) is 6.54 Å². The van der Waals surface area contributed by atoms with Crippen molar-refractivity contribution in [2.45, 2.75) is 31.7 Å². The first-order chi connectivity index (χ1) is 9.78. The Kier molecular flexibility index (Phi) is 4.49. The monoisotopic (exact) mass is 293 g/mol. The van der Waals surface area contributed by atoms with Gasteiger partial charge in [0.25, 0.3) is 0 Å². The van der Waals surface area contributed by atoms with E-state index in [-0.39, 0.29) is 0 Å². The van der Waals surface area contributed by atoms with Crippen molar-refractivity contribution in [3.8, 4) is 0 Å². The molecule has 2 saturated heterocycles. The number of nitrogens with two attached hydrogens (primary N) is 1. The Balaban J connectivity index is 1.78. The molecule has 1 aromatic carbocycles. The fourth-order valence-corrected chi connectivity index (χ4v) is 3.79. The molecule has 2 aliphatic heterocycles. The molecule has 0 saturated carbocycles. The largest absolute Gasteiger partial charge is 0.368 e. The number of piperidine rings is 1. The molecule has 0 aromatic heterocycles. The maximum atomic E-state index is 6.13. The SMILES string of the molecule is NCCc1cc(Cl)ccc1N1CCN2CCCCC2C1. The molecule has 4 heteroatoms. The summed E-state index contributed by atoms with van der Waals surface area (Å²) in [6.07, 6.45) is 5.00. The second kappa shape index (κ2) is 6.33. The zero-order valence-electron chi connectivity index (χ0n) is 12.0. The summed E-state index contributed by atoms with van der Waals surface area (Å²) in [5, 5.41) is 0.813. The van der Waals surface area contributed by atoms with Crippen molar-refractivity contribution >= 4 is 17.3 Å². The van der Waals surface area contributed by atoms with Gasteiger partial charge in [0.2, 0.25) is 0 Å². The fourth-order valence-electron chi connectivity index (χ4n) is 3.59. The van der Waals surface area contributed by atoms with E-state index in [1.807, 2.05) is 6.07 Å². The molecule has 1 atom stereocenters. The molecule has 2 aliphatic rings. The number of hydrogen-bond donors (Lipinski definition) is 1. The van der Waals surface area contributed by atoms with Crippen molar-refractivity contribution in [1.29, 1.82) is 0 Å². The van der Waals surface area contributed by atoms with Crippen LogP contribution in [0.2, 0.25) is 5.02 Å². The van der Waals surface area contributed by atoms with Gasteiger partial charge < -0.3 is 10.6 Å². The topological polar surface area (TPSA) is 32.5 Å². The average Bonchev–Trinajstić information content (AvgIpc) is 2.47. The molecule has 110 valence electrons. The van der Waals surface area contributed by atoms with E-state index < -0.39 is 0 Å². The van der Waals surface area contributed by atoms with Crippen molar-refractivity contribution in [3.05, 3.63) is 28.8 Å². The number of benzene rings is 1. The molecule has 20 heavy (non-hydrogen) atoms. The van der Waals surface area contributed by atoms with Crippen LogP contribution in [0.3, 0.4) is 0 Å². The molecule has 2 heterocycles. The van der Waals surface area contributed by atoms with Crippen molar-refractivity contribution in [3.63, 3.8) is 0 Å². The van der Waals surface area contributed by atoms with Crippen LogP contribution in [-0.2, 0) is 6.42 Å². The van der Waals surface area contributed by atoms with Gasteiger partial charge in [0.15, 0.2) is 0 Å². The summed E-state index contributed by atoms with van der Waals surface area (Å²) < 4.78 is 0. The number of nitrogens with zero attached hydrogens (tertiary/aromatic N) is 2. The van der Waals surface area contributed by atoms with Gasteiger partial charge in [-0.3, -0.25) is 4.90 Å². The lowest BCUT2D eigenvalue weighted by Gasteiger charge is -2.45. The van der Waals surface area contributed by atoms with Crippen LogP contribution in [0.5, 0.6) is 0 Å². The minimum atomic E-state index is 0.677. The molecule has 3 nitrogen and oxygen atoms in total. The third kappa shape index (κ3) is 2.95. The average molecular weight is 294 g/mol. The summed E-state index contributed by atoms with van der Waals surface area (Å²) in [6, 6.07) is 6.99. The number of rotatable bonds is 3. The Morgan fingerprint density at radius 3 is 2.95 bits per heavy atom. The number of fused-ring (bicyclic) bond motifs is 1. The molecule has 1 aromatic rings. The molecule has 1 unspecified atom stereocenters. The van der Waals surface area contributed by atoms with Gasteiger partial charge in [0, 0.05) is 36.4 Å². The van der Waals surface area contributed by atoms with E-state index in [1.165, 1.54) is 43.6 Å². The first kappa shape index (κ1) is 14.2. The Morgan fingerprint density at radius 1 is 1.20 bits per heavy atom. The molecule has 2 N–H and O–H groups in total. The number of halogens is 1. The third-order valence-electron chi connectivity index (χ3n) is 4.63. The van der Waals surface area contributed by atoms with Gasteiger partial charge in [-0.05, 0) is 56.1 Å². The molecule has 0 radical (unpaired) electrons. The standard InChI is InChI=1S/C16H24ClN3/c17-14-4-5-16(13(11-14)6-7-18)20-10-9-19-8-2-1-3-15(19)12-20/h4-5,11,15H,1-3,6-10,12,18H2. The summed E-state index contributed by atoms with van der Waals surface area (Å²) in [5.41, 5.74) is 8.38. The molecule has 2 fully saturated rings. The Hall–Kier alpha value is -0.770. The zero-order chi connectivity index (χ0) is 13.9. The Bertz CT molecular complexity index is 463. The predicted octanol–water partition coefficient (Wildman–Crippen LogP) is 2.52. The van der Waals surface area contributed by atoms with E-state index in [9.17, 15) is 0 Å². The van der Waals surface area contributed by atoms with Gasteiger partial charge in [0.05, 0.1) is 0 Å². The van der Waals surface area contributed by atoms with E-state index in [4.69, 9.17) is 17.3 Å². The lowest BCUT2D eigenvalue weighted by Crippen LogP contribution is -2.55. The lowest BCUT2D eigenvalue weighted by atomic mass is 9.98. The van der Waals surface area contributed by atoms with Crippen LogP contribution in [0.25, 0.3) is 0 Å². The molecule has 0 bridgehead atoms. The Labute approximate surface area is 126 Å². The summed E-state index contributed by atoms with van der Waals surface area (Å²) in [4.78, 5) is 5.20. The van der Waals surface area contributed by atoms with E-state index in [2.05, 4.69) is 21.9 Å². The van der Waals surface area contributed by atoms with Crippen LogP contribution in [0.1, 0.15) is 24.8 Å². The first-order valence-corrected chi connectivity index (χ1v) is 8.13. The van der Waals surface area contributed by atoms with E-state index in [0.717, 1.165) is 30.6 Å². The van der Waals surface area contributed by atoms with Crippen molar-refractivity contribution < 1.29 is 0 Å². The molecule has 3 rings (SSSR count). The van der Waals surface area contributed by atoms with Gasteiger partial charge in [-0.15, -0.1) is 0 Å². The highest BCUT2D eigenvalue weighted by Gasteiger charge is 2.29. The van der Waals surface area contributed by atoms with Gasteiger partial charge in [0.1, 0.15) is 0 Å². The van der Waals surface area contributed by atoms with Crippen LogP contribution < -0.4 is 10.6 Å². The third-order valence-corrected chi connectivity index (χ3v) is 4.87. The van der Waals surface area contributed by atoms with E-state index in [1.54, 1.807) is 0 Å². The Morgan fingerprint density at radius 2 is 2.10 bits per heavy atom. The van der Waals surface area contributed by atoms with Gasteiger partial charge >= 0.3 is 0 Å².